The van der Waals surface area contributed by atoms with Crippen molar-refractivity contribution in [2.45, 2.75) is 13.3 Å². The minimum atomic E-state index is -0.181. The van der Waals surface area contributed by atoms with Crippen LogP contribution in [0.5, 0.6) is 0 Å². The Morgan fingerprint density at radius 2 is 1.92 bits per heavy atom. The molecule has 0 amide bonds. The molecular formula is C10H14FN. The molecule has 0 aromatic heterocycles. The summed E-state index contributed by atoms with van der Waals surface area (Å²) >= 11 is 0. The van der Waals surface area contributed by atoms with Gasteiger partial charge >= 0.3 is 0 Å². The largest absolute Gasteiger partial charge is 0.330 e. The summed E-state index contributed by atoms with van der Waals surface area (Å²) in [6.07, 6.45) is 0.927. The van der Waals surface area contributed by atoms with Gasteiger partial charge in [-0.1, -0.05) is 19.1 Å². The molecule has 0 spiro atoms. The van der Waals surface area contributed by atoms with E-state index in [0.29, 0.717) is 12.5 Å². The summed E-state index contributed by atoms with van der Waals surface area (Å²) in [7, 11) is 0. The fourth-order valence-corrected chi connectivity index (χ4v) is 1.11. The van der Waals surface area contributed by atoms with E-state index in [1.807, 2.05) is 12.1 Å². The lowest BCUT2D eigenvalue weighted by atomic mass is 10.0. The second-order valence-electron chi connectivity index (χ2n) is 3.17. The first-order chi connectivity index (χ1) is 5.72. The van der Waals surface area contributed by atoms with Gasteiger partial charge in [-0.25, -0.2) is 4.39 Å². The van der Waals surface area contributed by atoms with Gasteiger partial charge in [0, 0.05) is 0 Å². The molecule has 1 rings (SSSR count). The summed E-state index contributed by atoms with van der Waals surface area (Å²) in [4.78, 5) is 0. The molecule has 0 saturated carbocycles. The Morgan fingerprint density at radius 1 is 1.33 bits per heavy atom. The van der Waals surface area contributed by atoms with E-state index in [-0.39, 0.29) is 5.82 Å². The quantitative estimate of drug-likeness (QED) is 0.731. The van der Waals surface area contributed by atoms with Crippen molar-refractivity contribution in [1.82, 2.24) is 0 Å². The first kappa shape index (κ1) is 9.20. The van der Waals surface area contributed by atoms with E-state index in [1.54, 1.807) is 0 Å². The zero-order chi connectivity index (χ0) is 8.97. The molecule has 1 aromatic rings. The van der Waals surface area contributed by atoms with Crippen LogP contribution in [0, 0.1) is 11.7 Å². The fraction of sp³-hybridized carbons (Fsp3) is 0.400. The van der Waals surface area contributed by atoms with Gasteiger partial charge in [-0.2, -0.15) is 0 Å². The minimum Gasteiger partial charge on any atom is -0.330 e. The minimum absolute atomic E-state index is 0.181. The monoisotopic (exact) mass is 167 g/mol. The summed E-state index contributed by atoms with van der Waals surface area (Å²) in [5.41, 5.74) is 6.62. The Hall–Kier alpha value is -0.890. The molecule has 0 aliphatic heterocycles. The highest BCUT2D eigenvalue weighted by Crippen LogP contribution is 2.08. The third-order valence-electron chi connectivity index (χ3n) is 1.90. The Morgan fingerprint density at radius 3 is 2.42 bits per heavy atom. The van der Waals surface area contributed by atoms with E-state index < -0.39 is 0 Å². The summed E-state index contributed by atoms with van der Waals surface area (Å²) in [5, 5.41) is 0. The van der Waals surface area contributed by atoms with Gasteiger partial charge < -0.3 is 5.73 Å². The molecule has 2 heteroatoms. The first-order valence-corrected chi connectivity index (χ1v) is 4.17. The molecule has 66 valence electrons. The van der Waals surface area contributed by atoms with Crippen molar-refractivity contribution in [2.75, 3.05) is 6.54 Å². The summed E-state index contributed by atoms with van der Waals surface area (Å²) in [5.74, 6) is 0.287. The van der Waals surface area contributed by atoms with Crippen molar-refractivity contribution in [2.24, 2.45) is 11.7 Å². The predicted octanol–water partition coefficient (Wildman–Crippen LogP) is 1.96. The van der Waals surface area contributed by atoms with Crippen LogP contribution in [0.25, 0.3) is 0 Å². The number of nitrogens with two attached hydrogens (primary N) is 1. The van der Waals surface area contributed by atoms with Gasteiger partial charge in [-0.05, 0) is 36.6 Å². The van der Waals surface area contributed by atoms with Crippen LogP contribution in [0.1, 0.15) is 12.5 Å². The molecule has 1 unspecified atom stereocenters. The Bertz CT molecular complexity index is 230. The molecule has 1 nitrogen and oxygen atoms in total. The smallest absolute Gasteiger partial charge is 0.123 e. The van der Waals surface area contributed by atoms with Gasteiger partial charge in [0.05, 0.1) is 0 Å². The lowest BCUT2D eigenvalue weighted by Crippen LogP contribution is -2.12. The normalized spacial score (nSPS) is 12.9. The van der Waals surface area contributed by atoms with Crippen LogP contribution in [0.15, 0.2) is 24.3 Å². The third-order valence-corrected chi connectivity index (χ3v) is 1.90. The Balaban J connectivity index is 2.58. The molecule has 0 radical (unpaired) electrons. The fourth-order valence-electron chi connectivity index (χ4n) is 1.11. The van der Waals surface area contributed by atoms with E-state index in [2.05, 4.69) is 6.92 Å². The molecule has 0 bridgehead atoms. The molecule has 1 atom stereocenters. The van der Waals surface area contributed by atoms with Crippen LogP contribution < -0.4 is 5.73 Å². The maximum atomic E-state index is 12.5. The number of hydrogen-bond donors (Lipinski definition) is 1. The second kappa shape index (κ2) is 4.21. The van der Waals surface area contributed by atoms with Crippen LogP contribution in [0.3, 0.4) is 0 Å². The van der Waals surface area contributed by atoms with Crippen molar-refractivity contribution in [3.05, 3.63) is 35.6 Å². The van der Waals surface area contributed by atoms with E-state index in [1.165, 1.54) is 12.1 Å². The number of rotatable bonds is 3. The lowest BCUT2D eigenvalue weighted by molar-refractivity contribution is 0.589. The van der Waals surface area contributed by atoms with Crippen molar-refractivity contribution in [3.8, 4) is 0 Å². The highest BCUT2D eigenvalue weighted by atomic mass is 19.1. The van der Waals surface area contributed by atoms with E-state index in [0.717, 1.165) is 12.0 Å². The van der Waals surface area contributed by atoms with Crippen molar-refractivity contribution in [3.63, 3.8) is 0 Å². The van der Waals surface area contributed by atoms with Gasteiger partial charge in [0.1, 0.15) is 5.82 Å². The summed E-state index contributed by atoms with van der Waals surface area (Å²) in [6.45, 7) is 2.76. The first-order valence-electron chi connectivity index (χ1n) is 4.17. The molecule has 0 aliphatic carbocycles. The molecule has 0 saturated heterocycles. The maximum absolute atomic E-state index is 12.5. The van der Waals surface area contributed by atoms with Crippen molar-refractivity contribution in [1.29, 1.82) is 0 Å². The average molecular weight is 167 g/mol. The Kier molecular flexibility index (Phi) is 3.23. The number of halogens is 1. The van der Waals surface area contributed by atoms with E-state index in [4.69, 9.17) is 5.73 Å². The topological polar surface area (TPSA) is 26.0 Å². The highest BCUT2D eigenvalue weighted by molar-refractivity contribution is 5.16. The molecule has 1 aromatic carbocycles. The Labute approximate surface area is 72.4 Å². The average Bonchev–Trinajstić information content (AvgIpc) is 2.09. The SMILES string of the molecule is CC(CN)Cc1ccc(F)cc1. The molecule has 12 heavy (non-hydrogen) atoms. The standard InChI is InChI=1S/C10H14FN/c1-8(7-12)6-9-2-4-10(11)5-3-9/h2-5,8H,6-7,12H2,1H3. The van der Waals surface area contributed by atoms with Gasteiger partial charge in [-0.3, -0.25) is 0 Å². The van der Waals surface area contributed by atoms with E-state index in [9.17, 15) is 4.39 Å². The van der Waals surface area contributed by atoms with Gasteiger partial charge in [0.25, 0.3) is 0 Å². The van der Waals surface area contributed by atoms with E-state index >= 15 is 0 Å². The summed E-state index contributed by atoms with van der Waals surface area (Å²) < 4.78 is 12.5. The zero-order valence-electron chi connectivity index (χ0n) is 7.26. The van der Waals surface area contributed by atoms with Crippen molar-refractivity contribution >= 4 is 0 Å². The molecular weight excluding hydrogens is 153 g/mol. The number of benzene rings is 1. The van der Waals surface area contributed by atoms with Crippen LogP contribution in [0.2, 0.25) is 0 Å². The highest BCUT2D eigenvalue weighted by Gasteiger charge is 2.00. The maximum Gasteiger partial charge on any atom is 0.123 e. The third kappa shape index (κ3) is 2.62. The molecule has 0 aliphatic rings. The van der Waals surface area contributed by atoms with Crippen molar-refractivity contribution < 1.29 is 4.39 Å². The van der Waals surface area contributed by atoms with Gasteiger partial charge in [-0.15, -0.1) is 0 Å². The lowest BCUT2D eigenvalue weighted by Gasteiger charge is -2.07. The van der Waals surface area contributed by atoms with Gasteiger partial charge in [0.2, 0.25) is 0 Å². The van der Waals surface area contributed by atoms with Crippen LogP contribution >= 0.6 is 0 Å². The van der Waals surface area contributed by atoms with Gasteiger partial charge in [0.15, 0.2) is 0 Å². The molecule has 0 fully saturated rings. The number of hydrogen-bond acceptors (Lipinski definition) is 1. The zero-order valence-corrected chi connectivity index (χ0v) is 7.26. The van der Waals surface area contributed by atoms with Crippen LogP contribution in [-0.2, 0) is 6.42 Å². The second-order valence-corrected chi connectivity index (χ2v) is 3.17. The van der Waals surface area contributed by atoms with Crippen LogP contribution in [-0.4, -0.2) is 6.54 Å². The predicted molar refractivity (Wildman–Crippen MR) is 48.3 cm³/mol. The van der Waals surface area contributed by atoms with Crippen LogP contribution in [0.4, 0.5) is 4.39 Å². The molecule has 2 N–H and O–H groups in total. The molecule has 0 heterocycles. The summed E-state index contributed by atoms with van der Waals surface area (Å²) in [6, 6.07) is 6.58.